The second-order valence-corrected chi connectivity index (χ2v) is 3.44. The molecule has 0 aliphatic heterocycles. The summed E-state index contributed by atoms with van der Waals surface area (Å²) in [6.45, 7) is 0. The van der Waals surface area contributed by atoms with Gasteiger partial charge in [0.25, 0.3) is 0 Å². The molecule has 0 aliphatic carbocycles. The van der Waals surface area contributed by atoms with Crippen LogP contribution in [0.1, 0.15) is 10.1 Å². The van der Waals surface area contributed by atoms with Crippen LogP contribution in [-0.2, 0) is 0 Å². The quantitative estimate of drug-likeness (QED) is 0.337. The van der Waals surface area contributed by atoms with E-state index >= 15 is 0 Å². The summed E-state index contributed by atoms with van der Waals surface area (Å²) in [7, 11) is 0. The van der Waals surface area contributed by atoms with Gasteiger partial charge in [0, 0.05) is 5.69 Å². The predicted molar refractivity (Wildman–Crippen MR) is 51.6 cm³/mol. The molecule has 0 aromatic heterocycles. The second kappa shape index (κ2) is 3.21. The Labute approximate surface area is 71.4 Å². The fourth-order valence-corrected chi connectivity index (χ4v) is 1.22. The molecule has 0 amide bonds. The van der Waals surface area contributed by atoms with E-state index in [2.05, 4.69) is 25.3 Å². The molecule has 0 fully saturated rings. The number of hydrogen-bond donors (Lipinski definition) is 3. The number of rotatable bonds is 1. The summed E-state index contributed by atoms with van der Waals surface area (Å²) in [6, 6.07) is 7.57. The van der Waals surface area contributed by atoms with Crippen molar-refractivity contribution in [1.82, 2.24) is 0 Å². The van der Waals surface area contributed by atoms with Crippen LogP contribution in [0.4, 0.5) is 5.69 Å². The van der Waals surface area contributed by atoms with Gasteiger partial charge >= 0.3 is 0 Å². The summed E-state index contributed by atoms with van der Waals surface area (Å²) in [5.41, 5.74) is 7.34. The number of benzene rings is 1. The maximum absolute atomic E-state index is 5.62. The molecule has 0 unspecified atom stereocenters. The average molecular weight is 171 g/mol. The Balaban J connectivity index is 3.03. The Morgan fingerprint density at radius 3 is 2.20 bits per heavy atom. The lowest BCUT2D eigenvalue weighted by molar-refractivity contribution is 1.40. The van der Waals surface area contributed by atoms with Crippen molar-refractivity contribution in [2.24, 2.45) is 0 Å². The van der Waals surface area contributed by atoms with Gasteiger partial charge in [-0.15, -0.1) is 0 Å². The maximum Gasteiger partial charge on any atom is 0.0711 e. The fourth-order valence-electron chi connectivity index (χ4n) is 0.746. The lowest BCUT2D eigenvalue weighted by atomic mass is 10.2. The van der Waals surface area contributed by atoms with Crippen molar-refractivity contribution in [3.63, 3.8) is 0 Å². The van der Waals surface area contributed by atoms with Gasteiger partial charge in [0.05, 0.1) is 4.58 Å². The summed E-state index contributed by atoms with van der Waals surface area (Å²) in [5, 5.41) is 0. The molecule has 1 aromatic carbocycles. The minimum atomic E-state index is -0.0822. The van der Waals surface area contributed by atoms with Gasteiger partial charge in [0.1, 0.15) is 0 Å². The molecule has 0 heterocycles. The van der Waals surface area contributed by atoms with Crippen molar-refractivity contribution < 1.29 is 0 Å². The van der Waals surface area contributed by atoms with E-state index < -0.39 is 0 Å². The largest absolute Gasteiger partial charge is 0.398 e. The fraction of sp³-hybridized carbons (Fsp3) is 0.143. The van der Waals surface area contributed by atoms with Crippen LogP contribution < -0.4 is 5.73 Å². The van der Waals surface area contributed by atoms with E-state index in [9.17, 15) is 0 Å². The topological polar surface area (TPSA) is 26.0 Å². The first-order valence-corrected chi connectivity index (χ1v) is 3.95. The summed E-state index contributed by atoms with van der Waals surface area (Å²) in [5.74, 6) is 0. The third kappa shape index (κ3) is 1.61. The normalized spacial score (nSPS) is 10.3. The molecule has 1 nitrogen and oxygen atoms in total. The molecular formula is C7H9NS2. The maximum atomic E-state index is 5.62. The highest BCUT2D eigenvalue weighted by molar-refractivity contribution is 7.98. The van der Waals surface area contributed by atoms with Crippen LogP contribution in [0.2, 0.25) is 0 Å². The number of nitrogens with two attached hydrogens (primary N) is 1. The highest BCUT2D eigenvalue weighted by Crippen LogP contribution is 2.27. The van der Waals surface area contributed by atoms with Crippen LogP contribution in [0, 0.1) is 0 Å². The summed E-state index contributed by atoms with van der Waals surface area (Å²) >= 11 is 8.28. The molecule has 1 rings (SSSR count). The third-order valence-corrected chi connectivity index (χ3v) is 1.83. The van der Waals surface area contributed by atoms with Crippen LogP contribution in [0.15, 0.2) is 24.3 Å². The summed E-state index contributed by atoms with van der Waals surface area (Å²) < 4.78 is -0.0822. The van der Waals surface area contributed by atoms with Gasteiger partial charge in [-0.2, -0.15) is 25.3 Å². The number of nitrogen functional groups attached to an aromatic ring is 1. The number of para-hydroxylation sites is 1. The van der Waals surface area contributed by atoms with Crippen molar-refractivity contribution in [3.8, 4) is 0 Å². The van der Waals surface area contributed by atoms with Gasteiger partial charge in [0.2, 0.25) is 0 Å². The zero-order valence-corrected chi connectivity index (χ0v) is 7.15. The molecule has 10 heavy (non-hydrogen) atoms. The lowest BCUT2D eigenvalue weighted by Crippen LogP contribution is -1.91. The molecule has 0 aliphatic rings. The minimum absolute atomic E-state index is 0.0822. The number of anilines is 1. The van der Waals surface area contributed by atoms with Crippen molar-refractivity contribution in [1.29, 1.82) is 0 Å². The van der Waals surface area contributed by atoms with Crippen LogP contribution in [0.3, 0.4) is 0 Å². The van der Waals surface area contributed by atoms with E-state index in [1.165, 1.54) is 0 Å². The van der Waals surface area contributed by atoms with Gasteiger partial charge in [-0.05, 0) is 11.6 Å². The molecule has 54 valence electrons. The van der Waals surface area contributed by atoms with Gasteiger partial charge < -0.3 is 5.73 Å². The van der Waals surface area contributed by atoms with Crippen molar-refractivity contribution in [2.45, 2.75) is 4.58 Å². The van der Waals surface area contributed by atoms with E-state index in [1.807, 2.05) is 24.3 Å². The molecule has 0 saturated heterocycles. The smallest absolute Gasteiger partial charge is 0.0711 e. The molecule has 2 N–H and O–H groups in total. The summed E-state index contributed by atoms with van der Waals surface area (Å²) in [6.07, 6.45) is 0. The number of hydrogen-bond acceptors (Lipinski definition) is 3. The molecule has 0 atom stereocenters. The molecule has 1 aromatic rings. The molecule has 3 heteroatoms. The number of thiol groups is 2. The van der Waals surface area contributed by atoms with Gasteiger partial charge in [-0.1, -0.05) is 18.2 Å². The van der Waals surface area contributed by atoms with E-state index in [4.69, 9.17) is 5.73 Å². The van der Waals surface area contributed by atoms with Crippen LogP contribution in [-0.4, -0.2) is 0 Å². The third-order valence-electron chi connectivity index (χ3n) is 1.27. The van der Waals surface area contributed by atoms with Crippen molar-refractivity contribution >= 4 is 30.9 Å². The molecule has 0 radical (unpaired) electrons. The Morgan fingerprint density at radius 1 is 1.20 bits per heavy atom. The zero-order valence-electron chi connectivity index (χ0n) is 5.36. The van der Waals surface area contributed by atoms with Crippen molar-refractivity contribution in [2.75, 3.05) is 5.73 Å². The zero-order chi connectivity index (χ0) is 7.56. The molecular weight excluding hydrogens is 162 g/mol. The first-order chi connectivity index (χ1) is 4.72. The second-order valence-electron chi connectivity index (χ2n) is 2.00. The van der Waals surface area contributed by atoms with E-state index in [-0.39, 0.29) is 4.58 Å². The van der Waals surface area contributed by atoms with Crippen molar-refractivity contribution in [3.05, 3.63) is 29.8 Å². The first kappa shape index (κ1) is 7.82. The lowest BCUT2D eigenvalue weighted by Gasteiger charge is -2.05. The predicted octanol–water partition coefficient (Wildman–Crippen LogP) is 2.13. The van der Waals surface area contributed by atoms with Crippen LogP contribution in [0.25, 0.3) is 0 Å². The van der Waals surface area contributed by atoms with Gasteiger partial charge in [-0.3, -0.25) is 0 Å². The first-order valence-electron chi connectivity index (χ1n) is 2.92. The van der Waals surface area contributed by atoms with E-state index in [0.717, 1.165) is 11.3 Å². The Hall–Kier alpha value is -0.280. The van der Waals surface area contributed by atoms with Crippen LogP contribution >= 0.6 is 25.3 Å². The molecule has 0 saturated carbocycles. The molecule has 0 bridgehead atoms. The summed E-state index contributed by atoms with van der Waals surface area (Å²) in [4.78, 5) is 0. The van der Waals surface area contributed by atoms with Gasteiger partial charge in [0.15, 0.2) is 0 Å². The highest BCUT2D eigenvalue weighted by Gasteiger charge is 2.01. The molecule has 0 spiro atoms. The Bertz CT molecular complexity index is 223. The SMILES string of the molecule is Nc1ccccc1C(S)S. The van der Waals surface area contributed by atoms with E-state index in [1.54, 1.807) is 0 Å². The highest BCUT2D eigenvalue weighted by atomic mass is 32.2. The van der Waals surface area contributed by atoms with E-state index in [0.29, 0.717) is 0 Å². The standard InChI is InChI=1S/C7H9NS2/c8-6-4-2-1-3-5(6)7(9)10/h1-4,7,9-10H,8H2. The van der Waals surface area contributed by atoms with Crippen LogP contribution in [0.5, 0.6) is 0 Å². The Morgan fingerprint density at radius 2 is 1.80 bits per heavy atom. The van der Waals surface area contributed by atoms with Gasteiger partial charge in [-0.25, -0.2) is 0 Å². The average Bonchev–Trinajstić information content (AvgIpc) is 1.88. The minimum Gasteiger partial charge on any atom is -0.398 e. The Kier molecular flexibility index (Phi) is 2.51. The monoisotopic (exact) mass is 171 g/mol.